The van der Waals surface area contributed by atoms with Crippen LogP contribution >= 0.6 is 23.2 Å². The third-order valence-electron chi connectivity index (χ3n) is 3.10. The fourth-order valence-electron chi connectivity index (χ4n) is 2.13. The fourth-order valence-corrected chi connectivity index (χ4v) is 2.67. The van der Waals surface area contributed by atoms with Crippen molar-refractivity contribution in [3.8, 4) is 0 Å². The molecule has 1 unspecified atom stereocenters. The highest BCUT2D eigenvalue weighted by Gasteiger charge is 2.19. The van der Waals surface area contributed by atoms with Crippen molar-refractivity contribution < 1.29 is 8.78 Å². The van der Waals surface area contributed by atoms with Crippen LogP contribution in [0.5, 0.6) is 0 Å². The van der Waals surface area contributed by atoms with E-state index in [0.717, 1.165) is 0 Å². The van der Waals surface area contributed by atoms with Gasteiger partial charge in [0, 0.05) is 15.6 Å². The lowest BCUT2D eigenvalue weighted by Crippen LogP contribution is -2.19. The van der Waals surface area contributed by atoms with Gasteiger partial charge in [-0.1, -0.05) is 23.2 Å². The minimum atomic E-state index is -0.527. The van der Waals surface area contributed by atoms with E-state index in [-0.39, 0.29) is 11.1 Å². The van der Waals surface area contributed by atoms with Crippen molar-refractivity contribution in [2.24, 2.45) is 0 Å². The minimum Gasteiger partial charge on any atom is -0.309 e. The Morgan fingerprint density at radius 3 is 2.10 bits per heavy atom. The Balaban J connectivity index is 2.55. The first kappa shape index (κ1) is 15.2. The van der Waals surface area contributed by atoms with E-state index in [2.05, 4.69) is 5.32 Å². The molecule has 1 N–H and O–H groups in total. The molecule has 0 saturated heterocycles. The van der Waals surface area contributed by atoms with Gasteiger partial charge >= 0.3 is 0 Å². The zero-order valence-corrected chi connectivity index (χ0v) is 12.5. The van der Waals surface area contributed by atoms with E-state index in [9.17, 15) is 8.78 Å². The fraction of sp³-hybridized carbons (Fsp3) is 0.200. The smallest absolute Gasteiger partial charge is 0.128 e. The van der Waals surface area contributed by atoms with Gasteiger partial charge in [-0.2, -0.15) is 0 Å². The quantitative estimate of drug-likeness (QED) is 0.850. The van der Waals surface area contributed by atoms with Gasteiger partial charge < -0.3 is 5.32 Å². The van der Waals surface area contributed by atoms with Crippen LogP contribution in [0.3, 0.4) is 0 Å². The number of hydrogen-bond acceptors (Lipinski definition) is 1. The highest BCUT2D eigenvalue weighted by Crippen LogP contribution is 2.30. The average Bonchev–Trinajstić information content (AvgIpc) is 2.35. The van der Waals surface area contributed by atoms with Crippen molar-refractivity contribution in [1.29, 1.82) is 0 Å². The Kier molecular flexibility index (Phi) is 4.63. The van der Waals surface area contributed by atoms with Gasteiger partial charge in [-0.25, -0.2) is 8.78 Å². The molecule has 0 fully saturated rings. The maximum Gasteiger partial charge on any atom is 0.128 e. The van der Waals surface area contributed by atoms with Gasteiger partial charge in [-0.05, 0) is 55.4 Å². The Morgan fingerprint density at radius 2 is 1.55 bits per heavy atom. The molecule has 0 heterocycles. The van der Waals surface area contributed by atoms with Gasteiger partial charge in [0.05, 0.1) is 6.04 Å². The van der Waals surface area contributed by atoms with Crippen molar-refractivity contribution in [3.05, 3.63) is 68.7 Å². The number of nitrogens with one attached hydrogen (secondary N) is 1. The monoisotopic (exact) mass is 315 g/mol. The summed E-state index contributed by atoms with van der Waals surface area (Å²) in [7, 11) is 1.66. The number of halogens is 4. The second-order valence-electron chi connectivity index (χ2n) is 4.55. The highest BCUT2D eigenvalue weighted by molar-refractivity contribution is 6.34. The summed E-state index contributed by atoms with van der Waals surface area (Å²) in [6, 6.07) is 6.78. The number of benzene rings is 2. The first-order chi connectivity index (χ1) is 9.42. The third kappa shape index (κ3) is 3.11. The first-order valence-electron chi connectivity index (χ1n) is 6.01. The zero-order valence-electron chi connectivity index (χ0n) is 11.0. The Labute approximate surface area is 126 Å². The van der Waals surface area contributed by atoms with Crippen LogP contribution in [0.25, 0.3) is 0 Å². The predicted molar refractivity (Wildman–Crippen MR) is 78.5 cm³/mol. The largest absolute Gasteiger partial charge is 0.309 e. The molecule has 106 valence electrons. The minimum absolute atomic E-state index is 0.217. The van der Waals surface area contributed by atoms with Gasteiger partial charge in [0.1, 0.15) is 11.6 Å². The molecule has 20 heavy (non-hydrogen) atoms. The van der Waals surface area contributed by atoms with Crippen molar-refractivity contribution in [1.82, 2.24) is 5.32 Å². The van der Waals surface area contributed by atoms with Crippen LogP contribution < -0.4 is 5.32 Å². The van der Waals surface area contributed by atoms with Gasteiger partial charge in [0.2, 0.25) is 0 Å². The van der Waals surface area contributed by atoms with Crippen LogP contribution in [-0.4, -0.2) is 7.05 Å². The Bertz CT molecular complexity index is 624. The molecule has 2 aromatic rings. The van der Waals surface area contributed by atoms with Crippen LogP contribution in [0.15, 0.2) is 30.3 Å². The molecule has 0 aliphatic heterocycles. The maximum atomic E-state index is 14.1. The molecule has 0 amide bonds. The lowest BCUT2D eigenvalue weighted by molar-refractivity contribution is 0.553. The summed E-state index contributed by atoms with van der Waals surface area (Å²) in [5.41, 5.74) is 1.16. The van der Waals surface area contributed by atoms with Crippen LogP contribution in [-0.2, 0) is 0 Å². The summed E-state index contributed by atoms with van der Waals surface area (Å²) in [6.07, 6.45) is 0. The van der Waals surface area contributed by atoms with E-state index >= 15 is 0 Å². The van der Waals surface area contributed by atoms with Gasteiger partial charge in [0.15, 0.2) is 0 Å². The molecule has 0 aliphatic rings. The summed E-state index contributed by atoms with van der Waals surface area (Å²) in [5, 5.41) is 3.84. The lowest BCUT2D eigenvalue weighted by atomic mass is 9.97. The molecule has 1 atom stereocenters. The van der Waals surface area contributed by atoms with Crippen molar-refractivity contribution in [2.45, 2.75) is 13.0 Å². The molecule has 0 spiro atoms. The van der Waals surface area contributed by atoms with E-state index in [1.54, 1.807) is 25.2 Å². The summed E-state index contributed by atoms with van der Waals surface area (Å²) < 4.78 is 27.8. The molecule has 2 rings (SSSR count). The first-order valence-corrected chi connectivity index (χ1v) is 6.76. The topological polar surface area (TPSA) is 12.0 Å². The molecule has 2 aromatic carbocycles. The predicted octanol–water partition coefficient (Wildman–Crippen LogP) is 4.89. The molecule has 0 saturated carbocycles. The molecule has 0 radical (unpaired) electrons. The average molecular weight is 316 g/mol. The summed E-state index contributed by atoms with van der Waals surface area (Å²) in [6.45, 7) is 1.52. The second-order valence-corrected chi connectivity index (χ2v) is 5.42. The Hall–Kier alpha value is -1.16. The zero-order chi connectivity index (χ0) is 14.9. The molecule has 1 nitrogen and oxygen atoms in total. The molecule has 0 bridgehead atoms. The van der Waals surface area contributed by atoms with E-state index in [0.29, 0.717) is 15.6 Å². The molecule has 0 aromatic heterocycles. The van der Waals surface area contributed by atoms with Gasteiger partial charge in [-0.3, -0.25) is 0 Å². The number of hydrogen-bond donors (Lipinski definition) is 1. The third-order valence-corrected chi connectivity index (χ3v) is 3.53. The summed E-state index contributed by atoms with van der Waals surface area (Å²) in [4.78, 5) is 0. The second kappa shape index (κ2) is 6.08. The lowest BCUT2D eigenvalue weighted by Gasteiger charge is -2.19. The molecular weight excluding hydrogens is 303 g/mol. The van der Waals surface area contributed by atoms with E-state index < -0.39 is 17.7 Å². The molecule has 0 aliphatic carbocycles. The van der Waals surface area contributed by atoms with Crippen LogP contribution in [0, 0.1) is 18.6 Å². The maximum absolute atomic E-state index is 14.1. The van der Waals surface area contributed by atoms with Crippen molar-refractivity contribution >= 4 is 23.2 Å². The SMILES string of the molecule is CNC(c1cc(Cl)cc(Cl)c1)c1cc(F)c(C)cc1F. The van der Waals surface area contributed by atoms with Crippen LogP contribution in [0.4, 0.5) is 8.78 Å². The van der Waals surface area contributed by atoms with Crippen molar-refractivity contribution in [3.63, 3.8) is 0 Å². The number of aryl methyl sites for hydroxylation is 1. The van der Waals surface area contributed by atoms with E-state index in [1.807, 2.05) is 0 Å². The van der Waals surface area contributed by atoms with Crippen LogP contribution in [0.1, 0.15) is 22.7 Å². The summed E-state index contributed by atoms with van der Waals surface area (Å²) in [5.74, 6) is -0.922. The molecule has 5 heteroatoms. The Morgan fingerprint density at radius 1 is 0.950 bits per heavy atom. The van der Waals surface area contributed by atoms with E-state index in [4.69, 9.17) is 23.2 Å². The highest BCUT2D eigenvalue weighted by atomic mass is 35.5. The van der Waals surface area contributed by atoms with Gasteiger partial charge in [0.25, 0.3) is 0 Å². The normalized spacial score (nSPS) is 12.5. The molecular formula is C15H13Cl2F2N. The van der Waals surface area contributed by atoms with E-state index in [1.165, 1.54) is 19.1 Å². The van der Waals surface area contributed by atoms with Gasteiger partial charge in [-0.15, -0.1) is 0 Å². The summed E-state index contributed by atoms with van der Waals surface area (Å²) >= 11 is 11.9. The van der Waals surface area contributed by atoms with Crippen LogP contribution in [0.2, 0.25) is 10.0 Å². The van der Waals surface area contributed by atoms with Crippen molar-refractivity contribution in [2.75, 3.05) is 7.05 Å². The standard InChI is InChI=1S/C15H13Cl2F2N/c1-8-3-14(19)12(7-13(8)18)15(20-2)9-4-10(16)6-11(17)5-9/h3-7,15,20H,1-2H3. The number of rotatable bonds is 3.